The quantitative estimate of drug-likeness (QED) is 0.669. The van der Waals surface area contributed by atoms with Crippen molar-refractivity contribution < 1.29 is 33.4 Å². The van der Waals surface area contributed by atoms with Gasteiger partial charge < -0.3 is 9.84 Å². The molecule has 2 heterocycles. The zero-order chi connectivity index (χ0) is 21.8. The standard InChI is InChI=1S/C21H29FN4O4/c1-13(2)19-23-21(30-24-19)26-10-8-25(9-11-26)14(3)7-12-29-17-6-5-16(20(27)28)18(22)15(17)4/h5-6,13-14H,7-12H2,1-4H3,(H,27,28)/p+2/t14-/m1/s1. The lowest BCUT2D eigenvalue weighted by atomic mass is 10.1. The van der Waals surface area contributed by atoms with Crippen LogP contribution in [0, 0.1) is 12.7 Å². The summed E-state index contributed by atoms with van der Waals surface area (Å²) in [6, 6.07) is 3.88. The highest BCUT2D eigenvalue weighted by atomic mass is 19.1. The first kappa shape index (κ1) is 22.2. The largest absolute Gasteiger partial charge is 0.512 e. The first-order chi connectivity index (χ1) is 14.3. The van der Waals surface area contributed by atoms with Gasteiger partial charge in [-0.1, -0.05) is 13.8 Å². The molecule has 0 amide bonds. The summed E-state index contributed by atoms with van der Waals surface area (Å²) in [5, 5.41) is 13.1. The summed E-state index contributed by atoms with van der Waals surface area (Å²) in [4.78, 5) is 18.0. The molecule has 3 N–H and O–H groups in total. The first-order valence-corrected chi connectivity index (χ1v) is 10.4. The van der Waals surface area contributed by atoms with Gasteiger partial charge in [-0.05, 0) is 32.4 Å². The molecule has 1 atom stereocenters. The smallest absolute Gasteiger partial charge is 0.493 e. The molecule has 0 spiro atoms. The van der Waals surface area contributed by atoms with Crippen molar-refractivity contribution in [3.05, 3.63) is 34.9 Å². The van der Waals surface area contributed by atoms with E-state index in [0.29, 0.717) is 24.3 Å². The minimum Gasteiger partial charge on any atom is -0.493 e. The molecule has 30 heavy (non-hydrogen) atoms. The molecule has 0 radical (unpaired) electrons. The van der Waals surface area contributed by atoms with Gasteiger partial charge in [0.1, 0.15) is 24.7 Å². The Hall–Kier alpha value is -2.52. The fourth-order valence-corrected chi connectivity index (χ4v) is 3.63. The monoisotopic (exact) mass is 422 g/mol. The van der Waals surface area contributed by atoms with Crippen molar-refractivity contribution in [1.29, 1.82) is 0 Å². The summed E-state index contributed by atoms with van der Waals surface area (Å²) in [6.45, 7) is 12.0. The lowest BCUT2D eigenvalue weighted by molar-refractivity contribution is -0.882. The third-order valence-corrected chi connectivity index (χ3v) is 5.73. The van der Waals surface area contributed by atoms with E-state index in [2.05, 4.69) is 35.8 Å². The van der Waals surface area contributed by atoms with Crippen molar-refractivity contribution in [1.82, 2.24) is 10.1 Å². The molecule has 1 saturated heterocycles. The molecule has 1 aromatic heterocycles. The van der Waals surface area contributed by atoms with Gasteiger partial charge >= 0.3 is 17.8 Å². The van der Waals surface area contributed by atoms with Crippen LogP contribution < -0.4 is 14.6 Å². The Morgan fingerprint density at radius 1 is 1.37 bits per heavy atom. The number of rotatable bonds is 8. The van der Waals surface area contributed by atoms with Gasteiger partial charge in [-0.15, -0.1) is 0 Å². The maximum atomic E-state index is 14.1. The molecule has 1 aliphatic heterocycles. The van der Waals surface area contributed by atoms with Gasteiger partial charge in [0.2, 0.25) is 0 Å². The van der Waals surface area contributed by atoms with Crippen molar-refractivity contribution in [2.45, 2.75) is 46.1 Å². The van der Waals surface area contributed by atoms with Crippen molar-refractivity contribution in [2.75, 3.05) is 32.8 Å². The topological polar surface area (TPSA) is 94.4 Å². The van der Waals surface area contributed by atoms with E-state index in [1.54, 1.807) is 0 Å². The van der Waals surface area contributed by atoms with Crippen molar-refractivity contribution in [3.8, 4) is 5.75 Å². The van der Waals surface area contributed by atoms with E-state index in [4.69, 9.17) is 14.4 Å². The fourth-order valence-electron chi connectivity index (χ4n) is 3.63. The molecule has 1 fully saturated rings. The Kier molecular flexibility index (Phi) is 7.04. The summed E-state index contributed by atoms with van der Waals surface area (Å²) >= 11 is 0. The zero-order valence-corrected chi connectivity index (χ0v) is 18.0. The minimum atomic E-state index is -1.28. The van der Waals surface area contributed by atoms with E-state index < -0.39 is 11.8 Å². The van der Waals surface area contributed by atoms with Crippen molar-refractivity contribution in [2.24, 2.45) is 0 Å². The molecular weight excluding hydrogens is 391 g/mol. The molecular formula is C21H31FN4O4+2. The average Bonchev–Trinajstić information content (AvgIpc) is 3.21. The van der Waals surface area contributed by atoms with Crippen LogP contribution in [0.4, 0.5) is 10.4 Å². The number of carboxylic acids is 1. The Labute approximate surface area is 175 Å². The van der Waals surface area contributed by atoms with Crippen LogP contribution in [0.2, 0.25) is 0 Å². The Morgan fingerprint density at radius 2 is 2.07 bits per heavy atom. The number of aromatic amines is 1. The van der Waals surface area contributed by atoms with E-state index in [1.807, 2.05) is 0 Å². The lowest BCUT2D eigenvalue weighted by Gasteiger charge is -2.33. The second kappa shape index (κ2) is 9.53. The SMILES string of the molecule is Cc1c(OCC[C@@H](C)N2CC[NH+](c3[nH+]c(C(C)C)no3)CC2)ccc(C(=O)O)c1F. The van der Waals surface area contributed by atoms with E-state index in [1.165, 1.54) is 24.0 Å². The highest BCUT2D eigenvalue weighted by Crippen LogP contribution is 2.24. The number of carboxylic acid groups (broad SMARTS) is 1. The number of carbonyl (C=O) groups is 1. The number of nitrogens with zero attached hydrogens (tertiary/aromatic N) is 2. The predicted molar refractivity (Wildman–Crippen MR) is 107 cm³/mol. The second-order valence-corrected chi connectivity index (χ2v) is 8.16. The summed E-state index contributed by atoms with van der Waals surface area (Å²) in [5.74, 6) is -0.451. The summed E-state index contributed by atoms with van der Waals surface area (Å²) < 4.78 is 25.3. The molecule has 0 unspecified atom stereocenters. The van der Waals surface area contributed by atoms with Crippen LogP contribution in [0.3, 0.4) is 0 Å². The number of hydrogen-bond acceptors (Lipinski definition) is 5. The van der Waals surface area contributed by atoms with Gasteiger partial charge in [-0.3, -0.25) is 4.90 Å². The highest BCUT2D eigenvalue weighted by Gasteiger charge is 2.32. The third-order valence-electron chi connectivity index (χ3n) is 5.73. The van der Waals surface area contributed by atoms with Crippen molar-refractivity contribution >= 4 is 12.0 Å². The van der Waals surface area contributed by atoms with E-state index in [9.17, 15) is 9.18 Å². The maximum absolute atomic E-state index is 14.1. The van der Waals surface area contributed by atoms with Crippen molar-refractivity contribution in [3.63, 3.8) is 0 Å². The third kappa shape index (κ3) is 4.96. The number of nitrogens with one attached hydrogen (secondary N) is 2. The van der Waals surface area contributed by atoms with Gasteiger partial charge in [0, 0.05) is 24.7 Å². The van der Waals surface area contributed by atoms with E-state index in [-0.39, 0.29) is 11.1 Å². The summed E-state index contributed by atoms with van der Waals surface area (Å²) in [6.07, 6.45) is 0.795. The van der Waals surface area contributed by atoms with Crippen LogP contribution >= 0.6 is 0 Å². The molecule has 1 aromatic carbocycles. The number of aromatic carboxylic acids is 1. The normalized spacial score (nSPS) is 16.7. The van der Waals surface area contributed by atoms with Crippen LogP contribution in [-0.4, -0.2) is 60.0 Å². The van der Waals surface area contributed by atoms with E-state index >= 15 is 0 Å². The van der Waals surface area contributed by atoms with Crippen LogP contribution in [-0.2, 0) is 0 Å². The van der Waals surface area contributed by atoms with Crippen LogP contribution in [0.25, 0.3) is 0 Å². The molecule has 164 valence electrons. The number of ether oxygens (including phenoxy) is 1. The molecule has 9 heteroatoms. The Morgan fingerprint density at radius 3 is 2.67 bits per heavy atom. The highest BCUT2D eigenvalue weighted by molar-refractivity contribution is 5.88. The van der Waals surface area contributed by atoms with Crippen LogP contribution in [0.5, 0.6) is 5.75 Å². The molecule has 0 saturated carbocycles. The van der Waals surface area contributed by atoms with Gasteiger partial charge in [-0.2, -0.15) is 9.51 Å². The summed E-state index contributed by atoms with van der Waals surface area (Å²) in [7, 11) is 0. The minimum absolute atomic E-state index is 0.226. The Balaban J connectivity index is 1.47. The Bertz CT molecular complexity index is 878. The molecule has 2 aromatic rings. The number of quaternary nitrogens is 1. The number of H-pyrrole nitrogens is 1. The average molecular weight is 423 g/mol. The van der Waals surface area contributed by atoms with Gasteiger partial charge in [0.05, 0.1) is 18.1 Å². The fraction of sp³-hybridized carbons (Fsp3) is 0.571. The maximum Gasteiger partial charge on any atom is 0.512 e. The molecule has 8 nitrogen and oxygen atoms in total. The predicted octanol–water partition coefficient (Wildman–Crippen LogP) is 1.45. The second-order valence-electron chi connectivity index (χ2n) is 8.16. The number of halogens is 1. The molecule has 1 aliphatic rings. The first-order valence-electron chi connectivity index (χ1n) is 10.4. The number of benzene rings is 1. The number of piperazine rings is 1. The summed E-state index contributed by atoms with van der Waals surface area (Å²) in [5.41, 5.74) is -0.109. The zero-order valence-electron chi connectivity index (χ0n) is 18.0. The number of hydrogen-bond donors (Lipinski definition) is 2. The molecule has 0 aliphatic carbocycles. The lowest BCUT2D eigenvalue weighted by Crippen LogP contribution is -3.11. The van der Waals surface area contributed by atoms with Gasteiger partial charge in [-0.25, -0.2) is 14.1 Å². The molecule has 0 bridgehead atoms. The van der Waals surface area contributed by atoms with E-state index in [0.717, 1.165) is 44.4 Å². The molecule has 3 rings (SSSR count). The van der Waals surface area contributed by atoms with Gasteiger partial charge in [0.25, 0.3) is 0 Å². The van der Waals surface area contributed by atoms with Crippen LogP contribution in [0.1, 0.15) is 54.9 Å². The van der Waals surface area contributed by atoms with Crippen LogP contribution in [0.15, 0.2) is 16.7 Å². The van der Waals surface area contributed by atoms with Gasteiger partial charge in [0.15, 0.2) is 5.16 Å². The number of aromatic nitrogens is 2.